The Kier molecular flexibility index (Phi) is 3.76. The second-order valence-corrected chi connectivity index (χ2v) is 5.14. The Bertz CT molecular complexity index is 682. The Balaban J connectivity index is 2.69. The SMILES string of the molecule is Cc1cc(F)ccc1-n1nc(C(C)C)c([N+](=O)[O-])c1Cl. The Hall–Kier alpha value is -1.95. The molecule has 0 aliphatic carbocycles. The van der Waals surface area contributed by atoms with Crippen LogP contribution in [-0.2, 0) is 0 Å². The largest absolute Gasteiger partial charge is 0.329 e. The van der Waals surface area contributed by atoms with E-state index in [2.05, 4.69) is 5.10 Å². The maximum Gasteiger partial charge on any atom is 0.329 e. The molecule has 0 atom stereocenters. The van der Waals surface area contributed by atoms with E-state index in [1.54, 1.807) is 20.8 Å². The first-order valence-corrected chi connectivity index (χ1v) is 6.40. The van der Waals surface area contributed by atoms with Crippen molar-refractivity contribution in [3.8, 4) is 5.69 Å². The summed E-state index contributed by atoms with van der Waals surface area (Å²) in [6.45, 7) is 5.29. The lowest BCUT2D eigenvalue weighted by molar-refractivity contribution is -0.385. The highest BCUT2D eigenvalue weighted by atomic mass is 35.5. The van der Waals surface area contributed by atoms with Gasteiger partial charge < -0.3 is 0 Å². The smallest absolute Gasteiger partial charge is 0.258 e. The fourth-order valence-corrected chi connectivity index (χ4v) is 2.27. The summed E-state index contributed by atoms with van der Waals surface area (Å²) in [6, 6.07) is 4.09. The zero-order valence-electron chi connectivity index (χ0n) is 11.2. The van der Waals surface area contributed by atoms with Gasteiger partial charge in [0.05, 0.1) is 10.6 Å². The topological polar surface area (TPSA) is 61.0 Å². The van der Waals surface area contributed by atoms with Gasteiger partial charge in [0.1, 0.15) is 11.5 Å². The summed E-state index contributed by atoms with van der Waals surface area (Å²) in [7, 11) is 0. The molecular weight excluding hydrogens is 285 g/mol. The molecule has 2 aromatic rings. The number of halogens is 2. The van der Waals surface area contributed by atoms with Crippen molar-refractivity contribution in [2.45, 2.75) is 26.7 Å². The minimum atomic E-state index is -0.542. The molecule has 0 saturated heterocycles. The molecule has 0 spiro atoms. The third-order valence-corrected chi connectivity index (χ3v) is 3.29. The minimum Gasteiger partial charge on any atom is -0.258 e. The first-order valence-electron chi connectivity index (χ1n) is 6.02. The average Bonchev–Trinajstić information content (AvgIpc) is 2.67. The number of aromatic nitrogens is 2. The summed E-state index contributed by atoms with van der Waals surface area (Å²) in [5.41, 5.74) is 1.22. The summed E-state index contributed by atoms with van der Waals surface area (Å²) >= 11 is 6.08. The molecular formula is C13H13ClFN3O2. The van der Waals surface area contributed by atoms with E-state index in [4.69, 9.17) is 11.6 Å². The molecule has 0 bridgehead atoms. The van der Waals surface area contributed by atoms with E-state index >= 15 is 0 Å². The summed E-state index contributed by atoms with van der Waals surface area (Å²) in [4.78, 5) is 10.6. The lowest BCUT2D eigenvalue weighted by Crippen LogP contribution is -2.01. The molecule has 2 rings (SSSR count). The zero-order chi connectivity index (χ0) is 15.0. The molecule has 0 amide bonds. The normalized spacial score (nSPS) is 11.1. The number of aryl methyl sites for hydroxylation is 1. The summed E-state index contributed by atoms with van der Waals surface area (Å²) in [5, 5.41) is 15.3. The van der Waals surface area contributed by atoms with Gasteiger partial charge in [-0.25, -0.2) is 9.07 Å². The molecule has 0 aliphatic rings. The van der Waals surface area contributed by atoms with Crippen LogP contribution in [0.25, 0.3) is 5.69 Å². The lowest BCUT2D eigenvalue weighted by Gasteiger charge is -2.06. The van der Waals surface area contributed by atoms with E-state index in [9.17, 15) is 14.5 Å². The number of benzene rings is 1. The van der Waals surface area contributed by atoms with Gasteiger partial charge in [-0.3, -0.25) is 10.1 Å². The van der Waals surface area contributed by atoms with Crippen molar-refractivity contribution in [1.82, 2.24) is 9.78 Å². The van der Waals surface area contributed by atoms with Gasteiger partial charge >= 0.3 is 5.69 Å². The van der Waals surface area contributed by atoms with Crippen molar-refractivity contribution in [1.29, 1.82) is 0 Å². The fourth-order valence-electron chi connectivity index (χ4n) is 1.98. The van der Waals surface area contributed by atoms with Gasteiger partial charge in [-0.1, -0.05) is 25.4 Å². The molecule has 0 saturated carbocycles. The van der Waals surface area contributed by atoms with Gasteiger partial charge in [-0.05, 0) is 30.7 Å². The third-order valence-electron chi connectivity index (χ3n) is 2.95. The molecule has 1 aromatic heterocycles. The van der Waals surface area contributed by atoms with Gasteiger partial charge in [-0.2, -0.15) is 5.10 Å². The van der Waals surface area contributed by atoms with Crippen LogP contribution in [0.2, 0.25) is 5.15 Å². The lowest BCUT2D eigenvalue weighted by atomic mass is 10.1. The third kappa shape index (κ3) is 2.38. The van der Waals surface area contributed by atoms with Gasteiger partial charge in [0.2, 0.25) is 5.15 Å². The molecule has 0 N–H and O–H groups in total. The summed E-state index contributed by atoms with van der Waals surface area (Å²) in [5.74, 6) is -0.525. The van der Waals surface area contributed by atoms with E-state index in [1.807, 2.05) is 0 Å². The van der Waals surface area contributed by atoms with Crippen LogP contribution >= 0.6 is 11.6 Å². The molecule has 0 aliphatic heterocycles. The predicted molar refractivity (Wildman–Crippen MR) is 74.0 cm³/mol. The first-order chi connectivity index (χ1) is 9.32. The quantitative estimate of drug-likeness (QED) is 0.635. The maximum atomic E-state index is 13.1. The van der Waals surface area contributed by atoms with E-state index in [0.717, 1.165) is 0 Å². The van der Waals surface area contributed by atoms with Crippen LogP contribution in [0.3, 0.4) is 0 Å². The van der Waals surface area contributed by atoms with Crippen LogP contribution in [0.1, 0.15) is 31.0 Å². The van der Waals surface area contributed by atoms with Crippen molar-refractivity contribution in [2.24, 2.45) is 0 Å². The van der Waals surface area contributed by atoms with Gasteiger partial charge in [-0.15, -0.1) is 0 Å². The molecule has 0 radical (unpaired) electrons. The van der Waals surface area contributed by atoms with Gasteiger partial charge in [0.15, 0.2) is 0 Å². The van der Waals surface area contributed by atoms with Crippen LogP contribution < -0.4 is 0 Å². The highest BCUT2D eigenvalue weighted by molar-refractivity contribution is 6.32. The molecule has 106 valence electrons. The van der Waals surface area contributed by atoms with Crippen molar-refractivity contribution in [2.75, 3.05) is 0 Å². The van der Waals surface area contributed by atoms with Crippen LogP contribution in [0.15, 0.2) is 18.2 Å². The van der Waals surface area contributed by atoms with Gasteiger partial charge in [0.25, 0.3) is 0 Å². The highest BCUT2D eigenvalue weighted by Crippen LogP contribution is 2.35. The second-order valence-electron chi connectivity index (χ2n) is 4.78. The number of rotatable bonds is 3. The molecule has 1 heterocycles. The van der Waals surface area contributed by atoms with Crippen LogP contribution in [0, 0.1) is 22.9 Å². The second kappa shape index (κ2) is 5.20. The molecule has 20 heavy (non-hydrogen) atoms. The maximum absolute atomic E-state index is 13.1. The molecule has 1 aromatic carbocycles. The molecule has 0 unspecified atom stereocenters. The summed E-state index contributed by atoms with van der Waals surface area (Å²) < 4.78 is 14.4. The number of hydrogen-bond acceptors (Lipinski definition) is 3. The Labute approximate surface area is 120 Å². The number of nitrogens with zero attached hydrogens (tertiary/aromatic N) is 3. The number of hydrogen-bond donors (Lipinski definition) is 0. The van der Waals surface area contributed by atoms with Crippen molar-refractivity contribution >= 4 is 17.3 Å². The monoisotopic (exact) mass is 297 g/mol. The molecule has 5 nitrogen and oxygen atoms in total. The average molecular weight is 298 g/mol. The van der Waals surface area contributed by atoms with Crippen LogP contribution in [0.5, 0.6) is 0 Å². The molecule has 7 heteroatoms. The van der Waals surface area contributed by atoms with E-state index in [0.29, 0.717) is 16.9 Å². The summed E-state index contributed by atoms with van der Waals surface area (Å²) in [6.07, 6.45) is 0. The number of nitro groups is 1. The standard InChI is InChI=1S/C13H13ClFN3O2/c1-7(2)11-12(18(19)20)13(14)17(16-11)10-5-4-9(15)6-8(10)3/h4-7H,1-3H3. The van der Waals surface area contributed by atoms with Crippen molar-refractivity contribution in [3.63, 3.8) is 0 Å². The Morgan fingerprint density at radius 3 is 2.55 bits per heavy atom. The Morgan fingerprint density at radius 1 is 1.45 bits per heavy atom. The Morgan fingerprint density at radius 2 is 2.10 bits per heavy atom. The van der Waals surface area contributed by atoms with Crippen LogP contribution in [-0.4, -0.2) is 14.7 Å². The van der Waals surface area contributed by atoms with Crippen LogP contribution in [0.4, 0.5) is 10.1 Å². The van der Waals surface area contributed by atoms with E-state index in [1.165, 1.54) is 22.9 Å². The van der Waals surface area contributed by atoms with Crippen molar-refractivity contribution < 1.29 is 9.31 Å². The predicted octanol–water partition coefficient (Wildman–Crippen LogP) is 4.00. The van der Waals surface area contributed by atoms with E-state index in [-0.39, 0.29) is 22.6 Å². The fraction of sp³-hybridized carbons (Fsp3) is 0.308. The molecule has 0 fully saturated rings. The van der Waals surface area contributed by atoms with Crippen molar-refractivity contribution in [3.05, 3.63) is 50.5 Å². The van der Waals surface area contributed by atoms with Gasteiger partial charge in [0, 0.05) is 5.92 Å². The zero-order valence-corrected chi connectivity index (χ0v) is 12.0. The highest BCUT2D eigenvalue weighted by Gasteiger charge is 2.29. The van der Waals surface area contributed by atoms with E-state index < -0.39 is 4.92 Å². The first kappa shape index (κ1) is 14.5. The minimum absolute atomic E-state index is 0.0755.